The molecule has 14 heavy (non-hydrogen) atoms. The van der Waals surface area contributed by atoms with Gasteiger partial charge in [-0.2, -0.15) is 0 Å². The maximum atomic E-state index is 11.3. The van der Waals surface area contributed by atoms with Crippen LogP contribution in [0.5, 0.6) is 0 Å². The molecule has 3 atom stereocenters. The van der Waals surface area contributed by atoms with Crippen LogP contribution in [-0.2, 0) is 9.53 Å². The minimum atomic E-state index is -0.489. The first kappa shape index (κ1) is 11.5. The molecule has 1 rings (SSSR count). The molecule has 1 saturated carbocycles. The summed E-state index contributed by atoms with van der Waals surface area (Å²) in [5, 5.41) is 0. The van der Waals surface area contributed by atoms with Crippen molar-refractivity contribution in [1.82, 2.24) is 0 Å². The molecule has 3 heteroatoms. The van der Waals surface area contributed by atoms with Gasteiger partial charge in [-0.1, -0.05) is 19.8 Å². The van der Waals surface area contributed by atoms with E-state index < -0.39 is 6.04 Å². The average molecular weight is 199 g/mol. The predicted octanol–water partition coefficient (Wildman–Crippen LogP) is 1.85. The Labute approximate surface area is 86.0 Å². The largest absolute Gasteiger partial charge is 0.461 e. The van der Waals surface area contributed by atoms with Gasteiger partial charge in [-0.3, -0.25) is 4.79 Å². The molecule has 1 aliphatic carbocycles. The molecule has 0 aromatic heterocycles. The number of rotatable bonds is 3. The molecular weight excluding hydrogens is 178 g/mol. The molecule has 0 aromatic carbocycles. The standard InChI is InChI=1S/C11H21NO2/c1-3-9-5-4-6-10(7-9)14-11(13)8(2)12/h8-10H,3-7,12H2,1-2H3/t8-,9?,10?/m0/s1. The van der Waals surface area contributed by atoms with Gasteiger partial charge in [-0.05, 0) is 32.1 Å². The highest BCUT2D eigenvalue weighted by atomic mass is 16.5. The van der Waals surface area contributed by atoms with Crippen molar-refractivity contribution in [2.45, 2.75) is 58.1 Å². The van der Waals surface area contributed by atoms with Crippen LogP contribution in [0.25, 0.3) is 0 Å². The second-order valence-electron chi connectivity index (χ2n) is 4.29. The van der Waals surface area contributed by atoms with Gasteiger partial charge in [0.15, 0.2) is 0 Å². The number of carbonyl (C=O) groups is 1. The van der Waals surface area contributed by atoms with E-state index in [1.807, 2.05) is 0 Å². The molecule has 82 valence electrons. The Balaban J connectivity index is 2.34. The van der Waals surface area contributed by atoms with E-state index in [0.717, 1.165) is 18.8 Å². The maximum Gasteiger partial charge on any atom is 0.322 e. The molecule has 0 spiro atoms. The summed E-state index contributed by atoms with van der Waals surface area (Å²) in [6.45, 7) is 3.86. The van der Waals surface area contributed by atoms with Crippen LogP contribution in [0.4, 0.5) is 0 Å². The van der Waals surface area contributed by atoms with Gasteiger partial charge in [0, 0.05) is 0 Å². The van der Waals surface area contributed by atoms with Crippen molar-refractivity contribution in [2.75, 3.05) is 0 Å². The predicted molar refractivity (Wildman–Crippen MR) is 55.8 cm³/mol. The van der Waals surface area contributed by atoms with Crippen LogP contribution in [0.15, 0.2) is 0 Å². The number of hydrogen-bond donors (Lipinski definition) is 1. The fourth-order valence-corrected chi connectivity index (χ4v) is 1.99. The molecule has 0 saturated heterocycles. The minimum absolute atomic E-state index is 0.118. The van der Waals surface area contributed by atoms with Gasteiger partial charge in [-0.25, -0.2) is 0 Å². The molecule has 0 amide bonds. The van der Waals surface area contributed by atoms with Crippen molar-refractivity contribution < 1.29 is 9.53 Å². The van der Waals surface area contributed by atoms with E-state index in [1.54, 1.807) is 6.92 Å². The second-order valence-corrected chi connectivity index (χ2v) is 4.29. The molecular formula is C11H21NO2. The summed E-state index contributed by atoms with van der Waals surface area (Å²) >= 11 is 0. The summed E-state index contributed by atoms with van der Waals surface area (Å²) < 4.78 is 5.32. The Morgan fingerprint density at radius 2 is 2.29 bits per heavy atom. The van der Waals surface area contributed by atoms with Crippen molar-refractivity contribution >= 4 is 5.97 Å². The van der Waals surface area contributed by atoms with Crippen molar-refractivity contribution in [2.24, 2.45) is 11.7 Å². The molecule has 0 aromatic rings. The van der Waals surface area contributed by atoms with Crippen molar-refractivity contribution in [3.8, 4) is 0 Å². The zero-order valence-electron chi connectivity index (χ0n) is 9.16. The van der Waals surface area contributed by atoms with Gasteiger partial charge in [0.25, 0.3) is 0 Å². The Morgan fingerprint density at radius 1 is 1.57 bits per heavy atom. The van der Waals surface area contributed by atoms with E-state index >= 15 is 0 Å². The first-order valence-electron chi connectivity index (χ1n) is 5.59. The van der Waals surface area contributed by atoms with Crippen molar-refractivity contribution in [3.05, 3.63) is 0 Å². The van der Waals surface area contributed by atoms with Gasteiger partial charge < -0.3 is 10.5 Å². The first-order valence-corrected chi connectivity index (χ1v) is 5.59. The lowest BCUT2D eigenvalue weighted by molar-refractivity contribution is -0.152. The quantitative estimate of drug-likeness (QED) is 0.706. The third-order valence-corrected chi connectivity index (χ3v) is 2.97. The van der Waals surface area contributed by atoms with Crippen molar-refractivity contribution in [3.63, 3.8) is 0 Å². The van der Waals surface area contributed by atoms with E-state index in [2.05, 4.69) is 6.92 Å². The molecule has 2 N–H and O–H groups in total. The summed E-state index contributed by atoms with van der Waals surface area (Å²) in [4.78, 5) is 11.3. The van der Waals surface area contributed by atoms with Crippen LogP contribution >= 0.6 is 0 Å². The van der Waals surface area contributed by atoms with E-state index in [1.165, 1.54) is 19.3 Å². The summed E-state index contributed by atoms with van der Waals surface area (Å²) in [7, 11) is 0. The van der Waals surface area contributed by atoms with Gasteiger partial charge >= 0.3 is 5.97 Å². The summed E-state index contributed by atoms with van der Waals surface area (Å²) in [6, 6.07) is -0.489. The van der Waals surface area contributed by atoms with Crippen LogP contribution in [0.1, 0.15) is 46.0 Å². The molecule has 3 nitrogen and oxygen atoms in total. The zero-order chi connectivity index (χ0) is 10.6. The van der Waals surface area contributed by atoms with E-state index in [9.17, 15) is 4.79 Å². The Morgan fingerprint density at radius 3 is 2.86 bits per heavy atom. The molecule has 0 heterocycles. The molecule has 0 radical (unpaired) electrons. The SMILES string of the molecule is CCC1CCCC(OC(=O)[C@H](C)N)C1. The summed E-state index contributed by atoms with van der Waals surface area (Å²) in [6.07, 6.45) is 5.79. The van der Waals surface area contributed by atoms with Gasteiger partial charge in [0.1, 0.15) is 12.1 Å². The normalized spacial score (nSPS) is 29.6. The lowest BCUT2D eigenvalue weighted by Gasteiger charge is -2.28. The van der Waals surface area contributed by atoms with E-state index in [0.29, 0.717) is 0 Å². The fourth-order valence-electron chi connectivity index (χ4n) is 1.99. The van der Waals surface area contributed by atoms with Crippen LogP contribution in [-0.4, -0.2) is 18.1 Å². The minimum Gasteiger partial charge on any atom is -0.461 e. The van der Waals surface area contributed by atoms with Crippen molar-refractivity contribution in [1.29, 1.82) is 0 Å². The lowest BCUT2D eigenvalue weighted by Crippen LogP contribution is -2.34. The highest BCUT2D eigenvalue weighted by Crippen LogP contribution is 2.28. The number of ether oxygens (including phenoxy) is 1. The lowest BCUT2D eigenvalue weighted by atomic mass is 9.85. The number of carbonyl (C=O) groups excluding carboxylic acids is 1. The van der Waals surface area contributed by atoms with Gasteiger partial charge in [-0.15, -0.1) is 0 Å². The third kappa shape index (κ3) is 3.29. The topological polar surface area (TPSA) is 52.3 Å². The third-order valence-electron chi connectivity index (χ3n) is 2.97. The highest BCUT2D eigenvalue weighted by molar-refractivity contribution is 5.75. The summed E-state index contributed by atoms with van der Waals surface area (Å²) in [5.74, 6) is 0.474. The number of esters is 1. The van der Waals surface area contributed by atoms with Gasteiger partial charge in [0.05, 0.1) is 0 Å². The highest BCUT2D eigenvalue weighted by Gasteiger charge is 2.24. The smallest absolute Gasteiger partial charge is 0.322 e. The Kier molecular flexibility index (Phi) is 4.39. The van der Waals surface area contributed by atoms with Crippen LogP contribution < -0.4 is 5.73 Å². The van der Waals surface area contributed by atoms with Crippen LogP contribution in [0, 0.1) is 5.92 Å². The van der Waals surface area contributed by atoms with Crippen LogP contribution in [0.3, 0.4) is 0 Å². The Hall–Kier alpha value is -0.570. The van der Waals surface area contributed by atoms with Crippen LogP contribution in [0.2, 0.25) is 0 Å². The molecule has 0 bridgehead atoms. The summed E-state index contributed by atoms with van der Waals surface area (Å²) in [5.41, 5.74) is 5.45. The van der Waals surface area contributed by atoms with E-state index in [4.69, 9.17) is 10.5 Å². The molecule has 2 unspecified atom stereocenters. The average Bonchev–Trinajstić information content (AvgIpc) is 2.18. The van der Waals surface area contributed by atoms with E-state index in [-0.39, 0.29) is 12.1 Å². The molecule has 0 aliphatic heterocycles. The first-order chi connectivity index (χ1) is 6.63. The second kappa shape index (κ2) is 5.35. The molecule has 1 aliphatic rings. The van der Waals surface area contributed by atoms with Gasteiger partial charge in [0.2, 0.25) is 0 Å². The zero-order valence-corrected chi connectivity index (χ0v) is 9.16. The fraction of sp³-hybridized carbons (Fsp3) is 0.909. The molecule has 1 fully saturated rings. The monoisotopic (exact) mass is 199 g/mol. The number of hydrogen-bond acceptors (Lipinski definition) is 3. The Bertz CT molecular complexity index is 192. The number of nitrogens with two attached hydrogens (primary N) is 1. The maximum absolute atomic E-state index is 11.3.